The highest BCUT2D eigenvalue weighted by atomic mass is 14.5. The van der Waals surface area contributed by atoms with Crippen molar-refractivity contribution in [3.63, 3.8) is 0 Å². The molecule has 0 heterocycles. The average molecular weight is 283 g/mol. The van der Waals surface area contributed by atoms with Gasteiger partial charge < -0.3 is 0 Å². The van der Waals surface area contributed by atoms with Crippen LogP contribution in [-0.4, -0.2) is 0 Å². The summed E-state index contributed by atoms with van der Waals surface area (Å²) < 4.78 is 0. The van der Waals surface area contributed by atoms with Crippen molar-refractivity contribution in [3.8, 4) is 0 Å². The first-order chi connectivity index (χ1) is 8.95. The van der Waals surface area contributed by atoms with Crippen LogP contribution >= 0.6 is 0 Å². The van der Waals surface area contributed by atoms with Gasteiger partial charge in [-0.15, -0.1) is 0 Å². The zero-order valence-electron chi connectivity index (χ0n) is 16.3. The van der Waals surface area contributed by atoms with Crippen molar-refractivity contribution in [1.82, 2.24) is 0 Å². The van der Waals surface area contributed by atoms with Crippen LogP contribution in [0.4, 0.5) is 0 Å². The van der Waals surface area contributed by atoms with Crippen molar-refractivity contribution >= 4 is 0 Å². The monoisotopic (exact) mass is 282 g/mol. The van der Waals surface area contributed by atoms with E-state index in [1.165, 1.54) is 12.8 Å². The summed E-state index contributed by atoms with van der Waals surface area (Å²) in [6.07, 6.45) is 2.55. The quantitative estimate of drug-likeness (QED) is 0.448. The van der Waals surface area contributed by atoms with Gasteiger partial charge in [0, 0.05) is 0 Å². The molecule has 0 nitrogen and oxygen atoms in total. The molecule has 0 aliphatic rings. The first-order valence-electron chi connectivity index (χ1n) is 8.95. The van der Waals surface area contributed by atoms with E-state index in [4.69, 9.17) is 0 Å². The number of hydrogen-bond donors (Lipinski definition) is 0. The molecule has 0 aliphatic heterocycles. The van der Waals surface area contributed by atoms with Gasteiger partial charge in [0.2, 0.25) is 0 Å². The predicted molar refractivity (Wildman–Crippen MR) is 94.0 cm³/mol. The Morgan fingerprint density at radius 3 is 1.45 bits per heavy atom. The molecule has 0 rings (SSSR count). The van der Waals surface area contributed by atoms with Gasteiger partial charge in [-0.3, -0.25) is 0 Å². The minimum absolute atomic E-state index is 0.430. The zero-order chi connectivity index (χ0) is 16.3. The van der Waals surface area contributed by atoms with Crippen molar-refractivity contribution in [2.45, 2.75) is 89.0 Å². The topological polar surface area (TPSA) is 0 Å². The molecule has 0 fully saturated rings. The van der Waals surface area contributed by atoms with Crippen LogP contribution in [0.3, 0.4) is 0 Å². The maximum absolute atomic E-state index is 2.54. The van der Waals surface area contributed by atoms with E-state index < -0.39 is 0 Å². The molecule has 0 bridgehead atoms. The van der Waals surface area contributed by atoms with E-state index in [1.54, 1.807) is 0 Å². The predicted octanol–water partition coefficient (Wildman–Crippen LogP) is 7.04. The Bertz CT molecular complexity index is 276. The van der Waals surface area contributed by atoms with E-state index in [0.29, 0.717) is 10.8 Å². The Hall–Kier alpha value is 0. The van der Waals surface area contributed by atoms with Crippen molar-refractivity contribution in [2.24, 2.45) is 40.4 Å². The van der Waals surface area contributed by atoms with Gasteiger partial charge in [0.15, 0.2) is 0 Å². The number of hydrogen-bond acceptors (Lipinski definition) is 0. The van der Waals surface area contributed by atoms with E-state index in [0.717, 1.165) is 29.6 Å². The second-order valence-corrected chi connectivity index (χ2v) is 8.67. The van der Waals surface area contributed by atoms with Gasteiger partial charge in [0.05, 0.1) is 0 Å². The first-order valence-corrected chi connectivity index (χ1v) is 8.95. The Balaban J connectivity index is 5.32. The molecular formula is C20H42. The molecule has 0 saturated carbocycles. The summed E-state index contributed by atoms with van der Waals surface area (Å²) in [4.78, 5) is 0. The fourth-order valence-electron chi connectivity index (χ4n) is 3.88. The molecule has 0 heteroatoms. The van der Waals surface area contributed by atoms with Crippen LogP contribution in [0.1, 0.15) is 89.0 Å². The van der Waals surface area contributed by atoms with Gasteiger partial charge in [-0.2, -0.15) is 0 Å². The molecule has 5 unspecified atom stereocenters. The van der Waals surface area contributed by atoms with Crippen LogP contribution in [0.25, 0.3) is 0 Å². The Labute approximate surface area is 130 Å². The van der Waals surface area contributed by atoms with Crippen LogP contribution < -0.4 is 0 Å². The highest BCUT2D eigenvalue weighted by molar-refractivity contribution is 4.93. The Morgan fingerprint density at radius 2 is 1.15 bits per heavy atom. The van der Waals surface area contributed by atoms with Gasteiger partial charge in [-0.1, -0.05) is 89.0 Å². The Morgan fingerprint density at radius 1 is 0.700 bits per heavy atom. The van der Waals surface area contributed by atoms with Crippen molar-refractivity contribution in [3.05, 3.63) is 0 Å². The van der Waals surface area contributed by atoms with Crippen LogP contribution in [0.15, 0.2) is 0 Å². The maximum atomic E-state index is 2.54. The largest absolute Gasteiger partial charge is 0.0649 e. The van der Waals surface area contributed by atoms with Crippen LogP contribution in [-0.2, 0) is 0 Å². The highest BCUT2D eigenvalue weighted by Crippen LogP contribution is 2.51. The van der Waals surface area contributed by atoms with Gasteiger partial charge in [0.1, 0.15) is 0 Å². The lowest BCUT2D eigenvalue weighted by Gasteiger charge is -2.50. The summed E-state index contributed by atoms with van der Waals surface area (Å²) in [6, 6.07) is 0. The number of rotatable bonds is 8. The summed E-state index contributed by atoms with van der Waals surface area (Å²) in [6.45, 7) is 26.9. The summed E-state index contributed by atoms with van der Waals surface area (Å²) in [5, 5.41) is 0. The lowest BCUT2D eigenvalue weighted by molar-refractivity contribution is -0.0160. The van der Waals surface area contributed by atoms with Crippen molar-refractivity contribution < 1.29 is 0 Å². The highest BCUT2D eigenvalue weighted by Gasteiger charge is 2.44. The molecule has 0 aromatic carbocycles. The van der Waals surface area contributed by atoms with Gasteiger partial charge in [-0.25, -0.2) is 0 Å². The molecular weight excluding hydrogens is 240 g/mol. The molecule has 0 aromatic rings. The fraction of sp³-hybridized carbons (Fsp3) is 1.00. The summed E-state index contributed by atoms with van der Waals surface area (Å²) in [7, 11) is 0. The van der Waals surface area contributed by atoms with E-state index in [2.05, 4.69) is 76.2 Å². The molecule has 0 saturated heterocycles. The van der Waals surface area contributed by atoms with Crippen LogP contribution in [0, 0.1) is 40.4 Å². The van der Waals surface area contributed by atoms with E-state index >= 15 is 0 Å². The molecule has 0 aromatic heterocycles. The summed E-state index contributed by atoms with van der Waals surface area (Å²) >= 11 is 0. The standard InChI is InChI=1S/C20H42/c1-12-19(9,10)18(8)20(11,13-2)17(7)16(6)15(5)14(3)4/h14-18H,12-13H2,1-11H3. The van der Waals surface area contributed by atoms with E-state index in [-0.39, 0.29) is 0 Å². The average Bonchev–Trinajstić information content (AvgIpc) is 2.42. The van der Waals surface area contributed by atoms with Gasteiger partial charge in [0.25, 0.3) is 0 Å². The van der Waals surface area contributed by atoms with E-state index in [9.17, 15) is 0 Å². The van der Waals surface area contributed by atoms with Crippen molar-refractivity contribution in [2.75, 3.05) is 0 Å². The van der Waals surface area contributed by atoms with Crippen LogP contribution in [0.5, 0.6) is 0 Å². The summed E-state index contributed by atoms with van der Waals surface area (Å²) in [5.74, 6) is 3.89. The first kappa shape index (κ1) is 20.0. The van der Waals surface area contributed by atoms with Crippen LogP contribution in [0.2, 0.25) is 0 Å². The molecule has 0 spiro atoms. The van der Waals surface area contributed by atoms with Crippen molar-refractivity contribution in [1.29, 1.82) is 0 Å². The maximum Gasteiger partial charge on any atom is -0.0269 e. The zero-order valence-corrected chi connectivity index (χ0v) is 16.3. The second kappa shape index (κ2) is 7.32. The molecule has 0 amide bonds. The Kier molecular flexibility index (Phi) is 7.32. The molecule has 0 radical (unpaired) electrons. The van der Waals surface area contributed by atoms with Gasteiger partial charge >= 0.3 is 0 Å². The third-order valence-electron chi connectivity index (χ3n) is 7.54. The third-order valence-corrected chi connectivity index (χ3v) is 7.54. The molecule has 122 valence electrons. The van der Waals surface area contributed by atoms with Gasteiger partial charge in [-0.05, 0) is 40.4 Å². The fourth-order valence-corrected chi connectivity index (χ4v) is 3.88. The lowest BCUT2D eigenvalue weighted by Crippen LogP contribution is -2.43. The normalized spacial score (nSPS) is 22.2. The minimum Gasteiger partial charge on any atom is -0.0649 e. The SMILES string of the molecule is CCC(C)(C)C(C)C(C)(CC)C(C)C(C)C(C)C(C)C. The lowest BCUT2D eigenvalue weighted by atomic mass is 9.55. The second-order valence-electron chi connectivity index (χ2n) is 8.67. The molecule has 20 heavy (non-hydrogen) atoms. The third kappa shape index (κ3) is 4.01. The summed E-state index contributed by atoms with van der Waals surface area (Å²) in [5.41, 5.74) is 0.863. The smallest absolute Gasteiger partial charge is 0.0269 e. The molecule has 5 atom stereocenters. The minimum atomic E-state index is 0.430. The molecule has 0 N–H and O–H groups in total. The van der Waals surface area contributed by atoms with E-state index in [1.807, 2.05) is 0 Å². The molecule has 0 aliphatic carbocycles.